The maximum atomic E-state index is 12.4. The number of esters is 1. The average molecular weight is 398 g/mol. The van der Waals surface area contributed by atoms with Crippen LogP contribution in [0.15, 0.2) is 42.5 Å². The highest BCUT2D eigenvalue weighted by Crippen LogP contribution is 2.30. The molecule has 2 aromatic carbocycles. The van der Waals surface area contributed by atoms with Crippen molar-refractivity contribution in [2.24, 2.45) is 0 Å². The minimum atomic E-state index is -0.887. The van der Waals surface area contributed by atoms with Gasteiger partial charge in [-0.3, -0.25) is 29.4 Å². The zero-order chi connectivity index (χ0) is 21.0. The number of benzene rings is 2. The minimum absolute atomic E-state index is 0.0709. The number of imide groups is 1. The molecule has 29 heavy (non-hydrogen) atoms. The molecule has 0 saturated carbocycles. The van der Waals surface area contributed by atoms with Crippen molar-refractivity contribution in [2.45, 2.75) is 13.3 Å². The summed E-state index contributed by atoms with van der Waals surface area (Å²) in [5.41, 5.74) is 0.226. The van der Waals surface area contributed by atoms with Gasteiger partial charge in [0.05, 0.1) is 10.5 Å². The highest BCUT2D eigenvalue weighted by atomic mass is 16.6. The van der Waals surface area contributed by atoms with Gasteiger partial charge in [-0.05, 0) is 30.2 Å². The fourth-order valence-corrected chi connectivity index (χ4v) is 2.96. The summed E-state index contributed by atoms with van der Waals surface area (Å²) in [7, 11) is 0. The Morgan fingerprint density at radius 1 is 1.10 bits per heavy atom. The van der Waals surface area contributed by atoms with E-state index in [0.717, 1.165) is 18.1 Å². The van der Waals surface area contributed by atoms with Gasteiger partial charge in [0.15, 0.2) is 0 Å². The van der Waals surface area contributed by atoms with Crippen molar-refractivity contribution in [3.8, 4) is 5.75 Å². The molecule has 1 aliphatic rings. The first-order valence-electron chi connectivity index (χ1n) is 8.93. The molecule has 0 fully saturated rings. The average Bonchev–Trinajstić information content (AvgIpc) is 2.96. The van der Waals surface area contributed by atoms with Crippen molar-refractivity contribution in [1.82, 2.24) is 4.90 Å². The highest BCUT2D eigenvalue weighted by molar-refractivity contribution is 6.24. The van der Waals surface area contributed by atoms with E-state index < -0.39 is 34.9 Å². The number of carbonyl (C=O) groups excluding carboxylic acids is 3. The number of hydrogen-bond acceptors (Lipinski definition) is 7. The Morgan fingerprint density at radius 2 is 1.86 bits per heavy atom. The van der Waals surface area contributed by atoms with Gasteiger partial charge in [-0.25, -0.2) is 0 Å². The number of nitrogens with zero attached hydrogens (tertiary/aromatic N) is 2. The van der Waals surface area contributed by atoms with E-state index in [1.807, 2.05) is 25.1 Å². The first kappa shape index (κ1) is 20.0. The first-order valence-corrected chi connectivity index (χ1v) is 8.93. The lowest BCUT2D eigenvalue weighted by Gasteiger charge is -2.13. The maximum absolute atomic E-state index is 12.4. The fourth-order valence-electron chi connectivity index (χ4n) is 2.96. The van der Waals surface area contributed by atoms with E-state index in [1.165, 1.54) is 12.1 Å². The number of amides is 2. The summed E-state index contributed by atoms with van der Waals surface area (Å²) < 4.78 is 10.5. The van der Waals surface area contributed by atoms with E-state index in [9.17, 15) is 24.5 Å². The summed E-state index contributed by atoms with van der Waals surface area (Å²) in [6.07, 6.45) is 0.866. The Labute approximate surface area is 166 Å². The topological polar surface area (TPSA) is 116 Å². The molecule has 9 nitrogen and oxygen atoms in total. The van der Waals surface area contributed by atoms with Gasteiger partial charge in [-0.15, -0.1) is 0 Å². The third-order valence-electron chi connectivity index (χ3n) is 4.38. The SMILES string of the molecule is CCc1cccc(OCCOC(=O)CN2C(=O)c3cccc([N+](=O)[O-])c3C2=O)c1. The quantitative estimate of drug-likeness (QED) is 0.220. The van der Waals surface area contributed by atoms with Crippen molar-refractivity contribution in [3.05, 3.63) is 69.3 Å². The molecule has 2 aromatic rings. The van der Waals surface area contributed by atoms with Crippen molar-refractivity contribution >= 4 is 23.5 Å². The zero-order valence-electron chi connectivity index (χ0n) is 15.6. The summed E-state index contributed by atoms with van der Waals surface area (Å²) in [6, 6.07) is 11.3. The van der Waals surface area contributed by atoms with E-state index in [2.05, 4.69) is 0 Å². The number of ether oxygens (including phenoxy) is 2. The van der Waals surface area contributed by atoms with Gasteiger partial charge in [-0.2, -0.15) is 0 Å². The van der Waals surface area contributed by atoms with Gasteiger partial charge in [0, 0.05) is 6.07 Å². The Bertz CT molecular complexity index is 987. The van der Waals surface area contributed by atoms with Crippen molar-refractivity contribution in [1.29, 1.82) is 0 Å². The largest absolute Gasteiger partial charge is 0.490 e. The van der Waals surface area contributed by atoms with Gasteiger partial charge in [0.2, 0.25) is 0 Å². The number of carbonyl (C=O) groups is 3. The van der Waals surface area contributed by atoms with Crippen LogP contribution in [0.25, 0.3) is 0 Å². The van der Waals surface area contributed by atoms with E-state index >= 15 is 0 Å². The molecule has 0 radical (unpaired) electrons. The molecule has 1 heterocycles. The molecule has 0 aromatic heterocycles. The number of hydrogen-bond donors (Lipinski definition) is 0. The molecular weight excluding hydrogens is 380 g/mol. The Hall–Kier alpha value is -3.75. The minimum Gasteiger partial charge on any atom is -0.490 e. The number of rotatable bonds is 8. The van der Waals surface area contributed by atoms with Crippen LogP contribution in [-0.4, -0.2) is 47.4 Å². The van der Waals surface area contributed by atoms with E-state index in [4.69, 9.17) is 9.47 Å². The Balaban J connectivity index is 1.54. The van der Waals surface area contributed by atoms with Crippen molar-refractivity contribution < 1.29 is 28.8 Å². The predicted molar refractivity (Wildman–Crippen MR) is 101 cm³/mol. The summed E-state index contributed by atoms with van der Waals surface area (Å²) >= 11 is 0. The fraction of sp³-hybridized carbons (Fsp3) is 0.250. The summed E-state index contributed by atoms with van der Waals surface area (Å²) in [5.74, 6) is -1.82. The molecule has 0 N–H and O–H groups in total. The van der Waals surface area contributed by atoms with Crippen LogP contribution >= 0.6 is 0 Å². The van der Waals surface area contributed by atoms with Gasteiger partial charge in [0.25, 0.3) is 17.5 Å². The number of aryl methyl sites for hydroxylation is 1. The van der Waals surface area contributed by atoms with Gasteiger partial charge < -0.3 is 9.47 Å². The molecule has 0 saturated heterocycles. The molecule has 1 aliphatic heterocycles. The molecule has 0 aliphatic carbocycles. The second kappa shape index (κ2) is 8.51. The number of fused-ring (bicyclic) bond motifs is 1. The van der Waals surface area contributed by atoms with Crippen LogP contribution in [0.2, 0.25) is 0 Å². The maximum Gasteiger partial charge on any atom is 0.326 e. The first-order chi connectivity index (χ1) is 13.9. The lowest BCUT2D eigenvalue weighted by atomic mass is 10.1. The van der Waals surface area contributed by atoms with Crippen LogP contribution in [0.4, 0.5) is 5.69 Å². The van der Waals surface area contributed by atoms with E-state index in [1.54, 1.807) is 6.07 Å². The van der Waals surface area contributed by atoms with Crippen LogP contribution in [0.3, 0.4) is 0 Å². The Kier molecular flexibility index (Phi) is 5.87. The van der Waals surface area contributed by atoms with Crippen molar-refractivity contribution in [3.63, 3.8) is 0 Å². The number of nitro benzene ring substituents is 1. The van der Waals surface area contributed by atoms with Crippen LogP contribution in [-0.2, 0) is 16.0 Å². The molecule has 0 bridgehead atoms. The smallest absolute Gasteiger partial charge is 0.326 e. The van der Waals surface area contributed by atoms with Gasteiger partial charge >= 0.3 is 5.97 Å². The lowest BCUT2D eigenvalue weighted by Crippen LogP contribution is -2.36. The highest BCUT2D eigenvalue weighted by Gasteiger charge is 2.41. The molecule has 0 unspecified atom stereocenters. The van der Waals surface area contributed by atoms with Crippen LogP contribution < -0.4 is 4.74 Å². The molecule has 3 rings (SSSR count). The van der Waals surface area contributed by atoms with Crippen LogP contribution in [0, 0.1) is 10.1 Å². The predicted octanol–water partition coefficient (Wildman–Crippen LogP) is 2.38. The second-order valence-corrected chi connectivity index (χ2v) is 6.22. The Morgan fingerprint density at radius 3 is 2.59 bits per heavy atom. The summed E-state index contributed by atoms with van der Waals surface area (Å²) in [6.45, 7) is 1.43. The van der Waals surface area contributed by atoms with E-state index in [-0.39, 0.29) is 24.3 Å². The van der Waals surface area contributed by atoms with Gasteiger partial charge in [0.1, 0.15) is 31.1 Å². The zero-order valence-corrected chi connectivity index (χ0v) is 15.6. The third kappa shape index (κ3) is 4.23. The number of nitro groups is 1. The second-order valence-electron chi connectivity index (χ2n) is 6.22. The molecular formula is C20H18N2O7. The normalized spacial score (nSPS) is 12.7. The monoisotopic (exact) mass is 398 g/mol. The van der Waals surface area contributed by atoms with E-state index in [0.29, 0.717) is 10.6 Å². The van der Waals surface area contributed by atoms with Gasteiger partial charge in [-0.1, -0.05) is 25.1 Å². The standard InChI is InChI=1S/C20H18N2O7/c1-2-13-5-3-6-14(11-13)28-9-10-29-17(23)12-21-19(24)15-7-4-8-16(22(26)27)18(15)20(21)25/h3-8,11H,2,9-10,12H2,1H3. The molecule has 150 valence electrons. The molecule has 2 amide bonds. The van der Waals surface area contributed by atoms with Crippen LogP contribution in [0.1, 0.15) is 33.2 Å². The lowest BCUT2D eigenvalue weighted by molar-refractivity contribution is -0.385. The summed E-state index contributed by atoms with van der Waals surface area (Å²) in [5, 5.41) is 11.1. The van der Waals surface area contributed by atoms with Crippen molar-refractivity contribution in [2.75, 3.05) is 19.8 Å². The third-order valence-corrected chi connectivity index (χ3v) is 4.38. The molecule has 0 atom stereocenters. The van der Waals surface area contributed by atoms with Crippen LogP contribution in [0.5, 0.6) is 5.75 Å². The molecule has 0 spiro atoms. The molecule has 9 heteroatoms. The summed E-state index contributed by atoms with van der Waals surface area (Å²) in [4.78, 5) is 47.8.